The highest BCUT2D eigenvalue weighted by Crippen LogP contribution is 2.20. The summed E-state index contributed by atoms with van der Waals surface area (Å²) < 4.78 is 5.24. The van der Waals surface area contributed by atoms with Crippen molar-refractivity contribution in [2.75, 3.05) is 33.2 Å². The normalized spacial score (nSPS) is 18.5. The third-order valence-corrected chi connectivity index (χ3v) is 3.84. The molecule has 1 fully saturated rings. The Morgan fingerprint density at radius 2 is 2.38 bits per heavy atom. The van der Waals surface area contributed by atoms with Gasteiger partial charge in [-0.3, -0.25) is 9.59 Å². The Morgan fingerprint density at radius 1 is 1.57 bits per heavy atom. The molecular weight excluding hydrogens is 270 g/mol. The van der Waals surface area contributed by atoms with Crippen molar-refractivity contribution in [2.24, 2.45) is 5.92 Å². The molecule has 1 aliphatic heterocycles. The van der Waals surface area contributed by atoms with Crippen LogP contribution in [0.2, 0.25) is 0 Å². The number of hydrogen-bond acceptors (Lipinski definition) is 4. The molecule has 21 heavy (non-hydrogen) atoms. The Hall–Kier alpha value is -1.82. The van der Waals surface area contributed by atoms with Gasteiger partial charge in [-0.1, -0.05) is 6.92 Å². The van der Waals surface area contributed by atoms with Gasteiger partial charge in [-0.25, -0.2) is 0 Å². The van der Waals surface area contributed by atoms with Gasteiger partial charge in [0, 0.05) is 26.1 Å². The van der Waals surface area contributed by atoms with E-state index in [4.69, 9.17) is 4.42 Å². The van der Waals surface area contributed by atoms with Crippen LogP contribution in [0.5, 0.6) is 0 Å². The molecule has 0 spiro atoms. The van der Waals surface area contributed by atoms with E-state index in [0.29, 0.717) is 19.6 Å². The lowest BCUT2D eigenvalue weighted by Gasteiger charge is -2.16. The zero-order valence-electron chi connectivity index (χ0n) is 12.7. The fraction of sp³-hybridized carbons (Fsp3) is 0.600. The van der Waals surface area contributed by atoms with Gasteiger partial charge in [-0.2, -0.15) is 0 Å². The first-order valence-corrected chi connectivity index (χ1v) is 7.36. The molecule has 1 aromatic heterocycles. The number of nitrogens with zero attached hydrogens (tertiary/aromatic N) is 2. The van der Waals surface area contributed by atoms with Gasteiger partial charge in [0.15, 0.2) is 0 Å². The number of likely N-dealkylation sites (tertiary alicyclic amines) is 1. The molecule has 0 radical (unpaired) electrons. The molecule has 0 saturated carbocycles. The molecule has 6 heteroatoms. The number of furan rings is 1. The standard InChI is InChI=1S/C15H23N3O3/c1-3-17(2)7-6-16-15(20)12-9-14(19)18(10-12)11-13-5-4-8-21-13/h4-5,8,12H,3,6-7,9-11H2,1-2H3,(H,16,20). The number of carbonyl (C=O) groups is 2. The van der Waals surface area contributed by atoms with Crippen LogP contribution in [-0.4, -0.2) is 54.8 Å². The summed E-state index contributed by atoms with van der Waals surface area (Å²) in [5, 5.41) is 2.91. The van der Waals surface area contributed by atoms with Crippen molar-refractivity contribution in [3.63, 3.8) is 0 Å². The van der Waals surface area contributed by atoms with Crippen molar-refractivity contribution < 1.29 is 14.0 Å². The van der Waals surface area contributed by atoms with E-state index in [1.165, 1.54) is 0 Å². The molecule has 1 aliphatic rings. The summed E-state index contributed by atoms with van der Waals surface area (Å²) in [6.45, 7) is 5.37. The largest absolute Gasteiger partial charge is 0.467 e. The zero-order valence-corrected chi connectivity index (χ0v) is 12.7. The van der Waals surface area contributed by atoms with E-state index in [1.54, 1.807) is 17.2 Å². The first kappa shape index (κ1) is 15.6. The van der Waals surface area contributed by atoms with E-state index in [2.05, 4.69) is 17.1 Å². The predicted octanol–water partition coefficient (Wildman–Crippen LogP) is 0.696. The molecule has 0 aromatic carbocycles. The molecule has 1 aromatic rings. The summed E-state index contributed by atoms with van der Waals surface area (Å²) in [7, 11) is 2.01. The van der Waals surface area contributed by atoms with E-state index in [0.717, 1.165) is 18.8 Å². The van der Waals surface area contributed by atoms with Crippen LogP contribution in [0, 0.1) is 5.92 Å². The molecule has 1 atom stereocenters. The van der Waals surface area contributed by atoms with Crippen molar-refractivity contribution in [2.45, 2.75) is 19.9 Å². The summed E-state index contributed by atoms with van der Waals surface area (Å²) in [4.78, 5) is 27.8. The maximum Gasteiger partial charge on any atom is 0.225 e. The second kappa shape index (κ2) is 7.26. The number of carbonyl (C=O) groups excluding carboxylic acids is 2. The summed E-state index contributed by atoms with van der Waals surface area (Å²) in [5.74, 6) is 0.473. The molecule has 1 saturated heterocycles. The number of hydrogen-bond donors (Lipinski definition) is 1. The number of nitrogens with one attached hydrogen (secondary N) is 1. The number of amides is 2. The molecule has 2 heterocycles. The maximum absolute atomic E-state index is 12.1. The number of rotatable bonds is 7. The van der Waals surface area contributed by atoms with Crippen LogP contribution in [0.4, 0.5) is 0 Å². The van der Waals surface area contributed by atoms with Crippen LogP contribution in [0.1, 0.15) is 19.1 Å². The maximum atomic E-state index is 12.1. The molecule has 1 N–H and O–H groups in total. The summed E-state index contributed by atoms with van der Waals surface area (Å²) in [6.07, 6.45) is 1.88. The second-order valence-corrected chi connectivity index (χ2v) is 5.44. The first-order valence-electron chi connectivity index (χ1n) is 7.36. The Labute approximate surface area is 125 Å². The van der Waals surface area contributed by atoms with E-state index in [9.17, 15) is 9.59 Å². The average molecular weight is 293 g/mol. The van der Waals surface area contributed by atoms with Crippen LogP contribution in [0.25, 0.3) is 0 Å². The van der Waals surface area contributed by atoms with Crippen molar-refractivity contribution in [1.82, 2.24) is 15.1 Å². The van der Waals surface area contributed by atoms with E-state index in [-0.39, 0.29) is 24.2 Å². The van der Waals surface area contributed by atoms with Crippen LogP contribution in [-0.2, 0) is 16.1 Å². The minimum atomic E-state index is -0.251. The molecule has 0 aliphatic carbocycles. The summed E-state index contributed by atoms with van der Waals surface area (Å²) in [6, 6.07) is 3.63. The zero-order chi connectivity index (χ0) is 15.2. The fourth-order valence-electron chi connectivity index (χ4n) is 2.36. The molecule has 1 unspecified atom stereocenters. The number of likely N-dealkylation sites (N-methyl/N-ethyl adjacent to an activating group) is 1. The minimum Gasteiger partial charge on any atom is -0.467 e. The van der Waals surface area contributed by atoms with Crippen LogP contribution in [0.3, 0.4) is 0 Å². The third kappa shape index (κ3) is 4.32. The van der Waals surface area contributed by atoms with E-state index >= 15 is 0 Å². The SMILES string of the molecule is CCN(C)CCNC(=O)C1CC(=O)N(Cc2ccco2)C1. The Morgan fingerprint density at radius 3 is 3.05 bits per heavy atom. The van der Waals surface area contributed by atoms with E-state index < -0.39 is 0 Å². The Bertz CT molecular complexity index is 473. The highest BCUT2D eigenvalue weighted by atomic mass is 16.3. The smallest absolute Gasteiger partial charge is 0.225 e. The molecular formula is C15H23N3O3. The Balaban J connectivity index is 1.77. The Kier molecular flexibility index (Phi) is 5.38. The summed E-state index contributed by atoms with van der Waals surface area (Å²) >= 11 is 0. The molecule has 6 nitrogen and oxygen atoms in total. The molecule has 2 rings (SSSR count). The monoisotopic (exact) mass is 293 g/mol. The van der Waals surface area contributed by atoms with Crippen molar-refractivity contribution >= 4 is 11.8 Å². The van der Waals surface area contributed by atoms with Gasteiger partial charge in [-0.15, -0.1) is 0 Å². The topological polar surface area (TPSA) is 65.8 Å². The van der Waals surface area contributed by atoms with Crippen LogP contribution < -0.4 is 5.32 Å². The molecule has 0 bridgehead atoms. The van der Waals surface area contributed by atoms with Gasteiger partial charge >= 0.3 is 0 Å². The van der Waals surface area contributed by atoms with Gasteiger partial charge < -0.3 is 19.5 Å². The van der Waals surface area contributed by atoms with Crippen molar-refractivity contribution in [1.29, 1.82) is 0 Å². The van der Waals surface area contributed by atoms with Crippen molar-refractivity contribution in [3.8, 4) is 0 Å². The molecule has 2 amide bonds. The van der Waals surface area contributed by atoms with Gasteiger partial charge in [0.1, 0.15) is 5.76 Å². The minimum absolute atomic E-state index is 0.0113. The average Bonchev–Trinajstić information content (AvgIpc) is 3.09. The lowest BCUT2D eigenvalue weighted by atomic mass is 10.1. The lowest BCUT2D eigenvalue weighted by Crippen LogP contribution is -2.37. The van der Waals surface area contributed by atoms with Gasteiger partial charge in [0.25, 0.3) is 0 Å². The highest BCUT2D eigenvalue weighted by molar-refractivity contribution is 5.89. The molecule has 116 valence electrons. The first-order chi connectivity index (χ1) is 10.1. The highest BCUT2D eigenvalue weighted by Gasteiger charge is 2.34. The second-order valence-electron chi connectivity index (χ2n) is 5.44. The van der Waals surface area contributed by atoms with Gasteiger partial charge in [0.05, 0.1) is 18.7 Å². The third-order valence-electron chi connectivity index (χ3n) is 3.84. The van der Waals surface area contributed by atoms with Crippen LogP contribution >= 0.6 is 0 Å². The predicted molar refractivity (Wildman–Crippen MR) is 78.4 cm³/mol. The quantitative estimate of drug-likeness (QED) is 0.803. The van der Waals surface area contributed by atoms with Gasteiger partial charge in [-0.05, 0) is 25.7 Å². The lowest BCUT2D eigenvalue weighted by molar-refractivity contribution is -0.129. The summed E-state index contributed by atoms with van der Waals surface area (Å²) in [5.41, 5.74) is 0. The van der Waals surface area contributed by atoms with Crippen molar-refractivity contribution in [3.05, 3.63) is 24.2 Å². The van der Waals surface area contributed by atoms with Gasteiger partial charge in [0.2, 0.25) is 11.8 Å². The van der Waals surface area contributed by atoms with E-state index in [1.807, 2.05) is 13.1 Å². The fourth-order valence-corrected chi connectivity index (χ4v) is 2.36. The van der Waals surface area contributed by atoms with Crippen LogP contribution in [0.15, 0.2) is 22.8 Å².